The zero-order chi connectivity index (χ0) is 15.9. The van der Waals surface area contributed by atoms with Gasteiger partial charge in [-0.2, -0.15) is 0 Å². The number of rotatable bonds is 5. The lowest BCUT2D eigenvalue weighted by atomic mass is 9.95. The van der Waals surface area contributed by atoms with Crippen LogP contribution in [0.4, 0.5) is 0 Å². The fourth-order valence-electron chi connectivity index (χ4n) is 2.06. The van der Waals surface area contributed by atoms with E-state index in [1.165, 1.54) is 7.11 Å². The van der Waals surface area contributed by atoms with Crippen molar-refractivity contribution in [2.75, 3.05) is 13.7 Å². The van der Waals surface area contributed by atoms with Crippen molar-refractivity contribution in [3.8, 4) is 0 Å². The van der Waals surface area contributed by atoms with E-state index in [1.807, 2.05) is 42.5 Å². The van der Waals surface area contributed by atoms with Crippen molar-refractivity contribution in [2.45, 2.75) is 0 Å². The number of carbonyl (C=O) groups excluding carboxylic acids is 2. The van der Waals surface area contributed by atoms with Gasteiger partial charge in [0, 0.05) is 5.56 Å². The molecule has 0 spiro atoms. The van der Waals surface area contributed by atoms with Gasteiger partial charge in [-0.05, 0) is 22.8 Å². The second kappa shape index (κ2) is 7.22. The van der Waals surface area contributed by atoms with Crippen LogP contribution in [-0.4, -0.2) is 25.5 Å². The van der Waals surface area contributed by atoms with E-state index in [2.05, 4.69) is 16.6 Å². The highest BCUT2D eigenvalue weighted by molar-refractivity contribution is 6.01. The first-order valence-electron chi connectivity index (χ1n) is 6.82. The summed E-state index contributed by atoms with van der Waals surface area (Å²) < 4.78 is 4.51. The molecule has 0 aliphatic heterocycles. The number of hydrogen-bond acceptors (Lipinski definition) is 3. The Kier molecular flexibility index (Phi) is 5.09. The summed E-state index contributed by atoms with van der Waals surface area (Å²) in [6, 6.07) is 16.8. The van der Waals surface area contributed by atoms with E-state index in [1.54, 1.807) is 12.1 Å². The first kappa shape index (κ1) is 15.5. The molecule has 0 saturated carbocycles. The van der Waals surface area contributed by atoms with Gasteiger partial charge in [0.2, 0.25) is 0 Å². The summed E-state index contributed by atoms with van der Waals surface area (Å²) in [7, 11) is 1.28. The number of amides is 1. The Labute approximate surface area is 129 Å². The van der Waals surface area contributed by atoms with Gasteiger partial charge in [-0.3, -0.25) is 9.59 Å². The molecule has 1 amide bonds. The van der Waals surface area contributed by atoms with E-state index in [-0.39, 0.29) is 12.5 Å². The Morgan fingerprint density at radius 2 is 1.59 bits per heavy atom. The van der Waals surface area contributed by atoms with E-state index in [4.69, 9.17) is 0 Å². The van der Waals surface area contributed by atoms with Crippen LogP contribution in [0.3, 0.4) is 0 Å². The molecule has 1 N–H and O–H groups in total. The quantitative estimate of drug-likeness (QED) is 0.863. The predicted octanol–water partition coefficient (Wildman–Crippen LogP) is 2.65. The number of benzene rings is 2. The van der Waals surface area contributed by atoms with E-state index >= 15 is 0 Å². The maximum Gasteiger partial charge on any atom is 0.325 e. The summed E-state index contributed by atoms with van der Waals surface area (Å²) in [5, 5.41) is 2.54. The van der Waals surface area contributed by atoms with Crippen molar-refractivity contribution < 1.29 is 14.3 Å². The summed E-state index contributed by atoms with van der Waals surface area (Å²) in [5.41, 5.74) is 2.90. The molecule has 4 nitrogen and oxygen atoms in total. The van der Waals surface area contributed by atoms with Crippen LogP contribution in [0.15, 0.2) is 61.2 Å². The van der Waals surface area contributed by atoms with Crippen LogP contribution in [0.2, 0.25) is 0 Å². The molecule has 0 heterocycles. The van der Waals surface area contributed by atoms with Gasteiger partial charge in [0.15, 0.2) is 0 Å². The molecule has 112 valence electrons. The molecule has 0 fully saturated rings. The van der Waals surface area contributed by atoms with Gasteiger partial charge >= 0.3 is 5.97 Å². The molecule has 0 aromatic heterocycles. The van der Waals surface area contributed by atoms with Crippen molar-refractivity contribution in [1.29, 1.82) is 0 Å². The normalized spacial score (nSPS) is 9.86. The van der Waals surface area contributed by atoms with Crippen LogP contribution in [0.5, 0.6) is 0 Å². The monoisotopic (exact) mass is 295 g/mol. The first-order valence-corrected chi connectivity index (χ1v) is 6.82. The average Bonchev–Trinajstić information content (AvgIpc) is 2.59. The predicted molar refractivity (Wildman–Crippen MR) is 85.4 cm³/mol. The molecule has 0 unspecified atom stereocenters. The summed E-state index contributed by atoms with van der Waals surface area (Å²) >= 11 is 0. The van der Waals surface area contributed by atoms with Crippen LogP contribution in [0.25, 0.3) is 5.57 Å². The van der Waals surface area contributed by atoms with E-state index in [0.717, 1.165) is 16.7 Å². The second-order valence-corrected chi connectivity index (χ2v) is 4.65. The highest BCUT2D eigenvalue weighted by Gasteiger charge is 2.14. The molecular formula is C18H17NO3. The number of carbonyl (C=O) groups is 2. The van der Waals surface area contributed by atoms with Crippen LogP contribution >= 0.6 is 0 Å². The van der Waals surface area contributed by atoms with Gasteiger partial charge in [-0.25, -0.2) is 0 Å². The lowest BCUT2D eigenvalue weighted by Crippen LogP contribution is -2.30. The lowest BCUT2D eigenvalue weighted by molar-refractivity contribution is -0.139. The molecular weight excluding hydrogens is 278 g/mol. The number of ether oxygens (including phenoxy) is 1. The number of esters is 1. The van der Waals surface area contributed by atoms with Gasteiger partial charge in [0.1, 0.15) is 6.54 Å². The fourth-order valence-corrected chi connectivity index (χ4v) is 2.06. The van der Waals surface area contributed by atoms with Crippen molar-refractivity contribution in [1.82, 2.24) is 5.32 Å². The Hall–Kier alpha value is -2.88. The molecule has 0 bridgehead atoms. The largest absolute Gasteiger partial charge is 0.468 e. The molecule has 0 aliphatic rings. The zero-order valence-corrected chi connectivity index (χ0v) is 12.3. The molecule has 0 saturated heterocycles. The summed E-state index contributed by atoms with van der Waals surface area (Å²) in [5.74, 6) is -0.828. The van der Waals surface area contributed by atoms with Gasteiger partial charge < -0.3 is 10.1 Å². The SMILES string of the molecule is C=C(c1ccccc1)c1ccccc1C(=O)NCC(=O)OC. The highest BCUT2D eigenvalue weighted by Crippen LogP contribution is 2.24. The van der Waals surface area contributed by atoms with Crippen molar-refractivity contribution in [3.05, 3.63) is 77.9 Å². The highest BCUT2D eigenvalue weighted by atomic mass is 16.5. The molecule has 0 atom stereocenters. The Bertz CT molecular complexity index is 692. The van der Waals surface area contributed by atoms with E-state index < -0.39 is 5.97 Å². The third-order valence-electron chi connectivity index (χ3n) is 3.24. The lowest BCUT2D eigenvalue weighted by Gasteiger charge is -2.12. The van der Waals surface area contributed by atoms with Crippen LogP contribution in [-0.2, 0) is 9.53 Å². The van der Waals surface area contributed by atoms with Crippen LogP contribution < -0.4 is 5.32 Å². The van der Waals surface area contributed by atoms with Gasteiger partial charge in [-0.1, -0.05) is 55.1 Å². The topological polar surface area (TPSA) is 55.4 Å². The van der Waals surface area contributed by atoms with Crippen molar-refractivity contribution in [2.24, 2.45) is 0 Å². The molecule has 2 rings (SSSR count). The summed E-state index contributed by atoms with van der Waals surface area (Å²) in [4.78, 5) is 23.4. The summed E-state index contributed by atoms with van der Waals surface area (Å²) in [6.07, 6.45) is 0. The third-order valence-corrected chi connectivity index (χ3v) is 3.24. The zero-order valence-electron chi connectivity index (χ0n) is 12.3. The van der Waals surface area contributed by atoms with Crippen molar-refractivity contribution in [3.63, 3.8) is 0 Å². The van der Waals surface area contributed by atoms with Gasteiger partial charge in [0.25, 0.3) is 5.91 Å². The number of hydrogen-bond donors (Lipinski definition) is 1. The smallest absolute Gasteiger partial charge is 0.325 e. The molecule has 22 heavy (non-hydrogen) atoms. The molecule has 2 aromatic carbocycles. The third kappa shape index (κ3) is 3.61. The number of methoxy groups -OCH3 is 1. The van der Waals surface area contributed by atoms with Gasteiger partial charge in [0.05, 0.1) is 7.11 Å². The first-order chi connectivity index (χ1) is 10.6. The molecule has 0 aliphatic carbocycles. The average molecular weight is 295 g/mol. The molecule has 0 radical (unpaired) electrons. The Morgan fingerprint density at radius 3 is 2.23 bits per heavy atom. The molecule has 4 heteroatoms. The van der Waals surface area contributed by atoms with Crippen molar-refractivity contribution >= 4 is 17.4 Å². The fraction of sp³-hybridized carbons (Fsp3) is 0.111. The van der Waals surface area contributed by atoms with Crippen LogP contribution in [0.1, 0.15) is 21.5 Å². The maximum atomic E-state index is 12.3. The summed E-state index contributed by atoms with van der Waals surface area (Å²) in [6.45, 7) is 3.91. The number of nitrogens with one attached hydrogen (secondary N) is 1. The minimum Gasteiger partial charge on any atom is -0.468 e. The van der Waals surface area contributed by atoms with Gasteiger partial charge in [-0.15, -0.1) is 0 Å². The minimum atomic E-state index is -0.493. The van der Waals surface area contributed by atoms with E-state index in [9.17, 15) is 9.59 Å². The second-order valence-electron chi connectivity index (χ2n) is 4.65. The van der Waals surface area contributed by atoms with Crippen LogP contribution in [0, 0.1) is 0 Å². The standard InChI is InChI=1S/C18H17NO3/c1-13(14-8-4-3-5-9-14)15-10-6-7-11-16(15)18(21)19-12-17(20)22-2/h3-11H,1,12H2,2H3,(H,19,21). The van der Waals surface area contributed by atoms with E-state index in [0.29, 0.717) is 5.56 Å². The Morgan fingerprint density at radius 1 is 1.00 bits per heavy atom. The minimum absolute atomic E-state index is 0.165. The maximum absolute atomic E-state index is 12.3. The molecule has 2 aromatic rings. The Balaban J connectivity index is 2.25.